The number of hydrogen-bond donors (Lipinski definition) is 2. The Morgan fingerprint density at radius 1 is 1.28 bits per heavy atom. The minimum absolute atomic E-state index is 0.0386. The lowest BCUT2D eigenvalue weighted by Gasteiger charge is -2.31. The number of piperidine rings is 1. The average molecular weight is 367 g/mol. The van der Waals surface area contributed by atoms with Crippen LogP contribution >= 0.6 is 0 Å². The maximum atomic E-state index is 12.7. The van der Waals surface area contributed by atoms with Gasteiger partial charge in [0.2, 0.25) is 15.9 Å². The molecule has 1 aromatic carbocycles. The number of nitrogens with one attached hydrogen (secondary N) is 1. The Kier molecular flexibility index (Phi) is 5.53. The first-order valence-electron chi connectivity index (χ1n) is 8.22. The molecule has 1 saturated heterocycles. The molecule has 3 N–H and O–H groups in total. The third kappa shape index (κ3) is 5.02. The molecule has 1 unspecified atom stereocenters. The predicted molar refractivity (Wildman–Crippen MR) is 94.3 cm³/mol. The second-order valence-electron chi connectivity index (χ2n) is 7.38. The molecule has 1 aromatic rings. The van der Waals surface area contributed by atoms with Gasteiger partial charge in [0.25, 0.3) is 5.91 Å². The summed E-state index contributed by atoms with van der Waals surface area (Å²) in [6.07, 6.45) is 1.37. The lowest BCUT2D eigenvalue weighted by Crippen LogP contribution is -2.44. The van der Waals surface area contributed by atoms with Crippen molar-refractivity contribution >= 4 is 21.8 Å². The average Bonchev–Trinajstić information content (AvgIpc) is 2.52. The molecule has 1 aliphatic heterocycles. The van der Waals surface area contributed by atoms with E-state index in [0.717, 1.165) is 0 Å². The number of sulfonamides is 1. The van der Waals surface area contributed by atoms with Crippen molar-refractivity contribution in [2.45, 2.75) is 44.0 Å². The Labute approximate surface area is 148 Å². The molecule has 1 heterocycles. The van der Waals surface area contributed by atoms with Crippen molar-refractivity contribution in [1.29, 1.82) is 0 Å². The lowest BCUT2D eigenvalue weighted by atomic mass is 9.97. The van der Waals surface area contributed by atoms with Gasteiger partial charge in [-0.25, -0.2) is 13.1 Å². The molecular weight excluding hydrogens is 342 g/mol. The number of hydrogen-bond acceptors (Lipinski definition) is 4. The van der Waals surface area contributed by atoms with Gasteiger partial charge >= 0.3 is 0 Å². The molecule has 0 aromatic heterocycles. The molecule has 138 valence electrons. The Bertz CT molecular complexity index is 768. The van der Waals surface area contributed by atoms with Crippen LogP contribution in [0, 0.1) is 5.92 Å². The Morgan fingerprint density at radius 3 is 2.56 bits per heavy atom. The van der Waals surface area contributed by atoms with Crippen LogP contribution in [-0.4, -0.2) is 43.8 Å². The summed E-state index contributed by atoms with van der Waals surface area (Å²) in [5.41, 5.74) is 5.00. The van der Waals surface area contributed by atoms with E-state index in [2.05, 4.69) is 4.72 Å². The highest BCUT2D eigenvalue weighted by Gasteiger charge is 2.28. The number of nitrogens with zero attached hydrogens (tertiary/aromatic N) is 1. The maximum Gasteiger partial charge on any atom is 0.253 e. The topological polar surface area (TPSA) is 110 Å². The van der Waals surface area contributed by atoms with Gasteiger partial charge in [-0.15, -0.1) is 0 Å². The minimum atomic E-state index is -3.72. The number of benzene rings is 1. The Hall–Kier alpha value is -1.93. The largest absolute Gasteiger partial charge is 0.369 e. The van der Waals surface area contributed by atoms with Crippen molar-refractivity contribution in [2.24, 2.45) is 11.7 Å². The van der Waals surface area contributed by atoms with Crippen LogP contribution in [0.2, 0.25) is 0 Å². The van der Waals surface area contributed by atoms with Gasteiger partial charge in [-0.1, -0.05) is 6.07 Å². The van der Waals surface area contributed by atoms with E-state index in [9.17, 15) is 18.0 Å². The van der Waals surface area contributed by atoms with E-state index in [4.69, 9.17) is 5.73 Å². The van der Waals surface area contributed by atoms with Crippen LogP contribution < -0.4 is 10.5 Å². The van der Waals surface area contributed by atoms with Crippen molar-refractivity contribution < 1.29 is 18.0 Å². The molecule has 2 rings (SSSR count). The molecule has 1 fully saturated rings. The van der Waals surface area contributed by atoms with Gasteiger partial charge < -0.3 is 10.6 Å². The smallest absolute Gasteiger partial charge is 0.253 e. The Morgan fingerprint density at radius 2 is 1.96 bits per heavy atom. The number of primary amides is 1. The highest BCUT2D eigenvalue weighted by Crippen LogP contribution is 2.20. The monoisotopic (exact) mass is 367 g/mol. The minimum Gasteiger partial charge on any atom is -0.369 e. The van der Waals surface area contributed by atoms with Crippen LogP contribution in [0.1, 0.15) is 44.0 Å². The van der Waals surface area contributed by atoms with Crippen molar-refractivity contribution in [3.05, 3.63) is 29.8 Å². The van der Waals surface area contributed by atoms with Gasteiger partial charge in [0.1, 0.15) is 0 Å². The van der Waals surface area contributed by atoms with E-state index in [1.807, 2.05) is 0 Å². The quantitative estimate of drug-likeness (QED) is 0.830. The summed E-state index contributed by atoms with van der Waals surface area (Å²) in [6, 6.07) is 5.93. The molecule has 25 heavy (non-hydrogen) atoms. The van der Waals surface area contributed by atoms with E-state index in [0.29, 0.717) is 19.4 Å². The van der Waals surface area contributed by atoms with Crippen LogP contribution in [0.15, 0.2) is 29.2 Å². The summed E-state index contributed by atoms with van der Waals surface area (Å²) in [4.78, 5) is 25.7. The fourth-order valence-electron chi connectivity index (χ4n) is 2.83. The third-order valence-electron chi connectivity index (χ3n) is 3.94. The first-order chi connectivity index (χ1) is 11.5. The summed E-state index contributed by atoms with van der Waals surface area (Å²) in [7, 11) is -3.72. The van der Waals surface area contributed by atoms with Gasteiger partial charge in [0.05, 0.1) is 10.8 Å². The molecule has 7 nitrogen and oxygen atoms in total. The zero-order chi connectivity index (χ0) is 18.8. The number of amides is 2. The van der Waals surface area contributed by atoms with Gasteiger partial charge in [0.15, 0.2) is 0 Å². The number of carbonyl (C=O) groups excluding carboxylic acids is 2. The summed E-state index contributed by atoms with van der Waals surface area (Å²) >= 11 is 0. The van der Waals surface area contributed by atoms with Crippen LogP contribution in [0.4, 0.5) is 0 Å². The van der Waals surface area contributed by atoms with Gasteiger partial charge in [0, 0.05) is 24.2 Å². The number of carbonyl (C=O) groups is 2. The fraction of sp³-hybridized carbons (Fsp3) is 0.529. The zero-order valence-electron chi connectivity index (χ0n) is 14.8. The number of nitrogens with two attached hydrogens (primary N) is 1. The van der Waals surface area contributed by atoms with Crippen LogP contribution in [0.25, 0.3) is 0 Å². The highest BCUT2D eigenvalue weighted by atomic mass is 32.2. The van der Waals surface area contributed by atoms with E-state index in [-0.39, 0.29) is 28.8 Å². The molecule has 0 bridgehead atoms. The summed E-state index contributed by atoms with van der Waals surface area (Å²) < 4.78 is 27.5. The number of rotatable bonds is 4. The van der Waals surface area contributed by atoms with Crippen molar-refractivity contribution in [3.8, 4) is 0 Å². The third-order valence-corrected chi connectivity index (χ3v) is 5.70. The van der Waals surface area contributed by atoms with Crippen LogP contribution in [0.3, 0.4) is 0 Å². The Balaban J connectivity index is 2.23. The standard InChI is InChI=1S/C17H25N3O4S/c1-17(2,3)19-25(23,24)14-8-4-6-12(10-14)16(22)20-9-5-7-13(11-20)15(18)21/h4,6,8,10,13,19H,5,7,9,11H2,1-3H3,(H2,18,21). The van der Waals surface area contributed by atoms with Crippen molar-refractivity contribution in [2.75, 3.05) is 13.1 Å². The first kappa shape index (κ1) is 19.4. The van der Waals surface area contributed by atoms with E-state index < -0.39 is 21.5 Å². The van der Waals surface area contributed by atoms with Gasteiger partial charge in [-0.2, -0.15) is 0 Å². The predicted octanol–water partition coefficient (Wildman–Crippen LogP) is 1.10. The summed E-state index contributed by atoms with van der Waals surface area (Å²) in [6.45, 7) is 6.04. The zero-order valence-corrected chi connectivity index (χ0v) is 15.6. The van der Waals surface area contributed by atoms with E-state index in [1.165, 1.54) is 12.1 Å². The highest BCUT2D eigenvalue weighted by molar-refractivity contribution is 7.89. The van der Waals surface area contributed by atoms with E-state index in [1.54, 1.807) is 37.8 Å². The molecule has 2 amide bonds. The second kappa shape index (κ2) is 7.13. The normalized spacial score (nSPS) is 18.8. The molecule has 1 aliphatic rings. The van der Waals surface area contributed by atoms with E-state index >= 15 is 0 Å². The molecule has 1 atom stereocenters. The summed E-state index contributed by atoms with van der Waals surface area (Å²) in [5.74, 6) is -1.06. The second-order valence-corrected chi connectivity index (χ2v) is 9.06. The number of likely N-dealkylation sites (tertiary alicyclic amines) is 1. The molecule has 0 aliphatic carbocycles. The van der Waals surface area contributed by atoms with Crippen LogP contribution in [-0.2, 0) is 14.8 Å². The summed E-state index contributed by atoms with van der Waals surface area (Å²) in [5, 5.41) is 0. The van der Waals surface area contributed by atoms with Gasteiger partial charge in [-0.05, 0) is 51.8 Å². The molecule has 0 radical (unpaired) electrons. The molecule has 0 spiro atoms. The fourth-order valence-corrected chi connectivity index (χ4v) is 4.30. The van der Waals surface area contributed by atoms with Crippen LogP contribution in [0.5, 0.6) is 0 Å². The SMILES string of the molecule is CC(C)(C)NS(=O)(=O)c1cccc(C(=O)N2CCCC(C(N)=O)C2)c1. The molecular formula is C17H25N3O4S. The molecule has 8 heteroatoms. The maximum absolute atomic E-state index is 12.7. The molecule has 0 saturated carbocycles. The van der Waals surface area contributed by atoms with Gasteiger partial charge in [-0.3, -0.25) is 9.59 Å². The van der Waals surface area contributed by atoms with Crippen molar-refractivity contribution in [1.82, 2.24) is 9.62 Å². The first-order valence-corrected chi connectivity index (χ1v) is 9.70. The lowest BCUT2D eigenvalue weighted by molar-refractivity contribution is -0.123. The van der Waals surface area contributed by atoms with Crippen molar-refractivity contribution in [3.63, 3.8) is 0 Å².